The molecule has 1 aromatic heterocycles. The van der Waals surface area contributed by atoms with Crippen molar-refractivity contribution in [2.24, 2.45) is 0 Å². The van der Waals surface area contributed by atoms with E-state index in [2.05, 4.69) is 0 Å². The van der Waals surface area contributed by atoms with Crippen molar-refractivity contribution in [2.45, 2.75) is 26.5 Å². The van der Waals surface area contributed by atoms with Gasteiger partial charge in [-0.05, 0) is 55.6 Å². The Balaban J connectivity index is 1.89. The molecular weight excluding hydrogens is 330 g/mol. The Labute approximate surface area is 151 Å². The summed E-state index contributed by atoms with van der Waals surface area (Å²) in [7, 11) is 1.55. The number of fused-ring (bicyclic) bond motifs is 1. The van der Waals surface area contributed by atoms with Gasteiger partial charge in [0.15, 0.2) is 5.78 Å². The minimum absolute atomic E-state index is 0.0216. The minimum atomic E-state index is -0.199. The van der Waals surface area contributed by atoms with E-state index in [-0.39, 0.29) is 24.0 Å². The van der Waals surface area contributed by atoms with Gasteiger partial charge in [0, 0.05) is 17.1 Å². The molecule has 0 N–H and O–H groups in total. The number of ketones is 1. The zero-order valence-electron chi connectivity index (χ0n) is 15.1. The molecule has 0 amide bonds. The first-order valence-electron chi connectivity index (χ1n) is 8.45. The Hall–Kier alpha value is -3.08. The summed E-state index contributed by atoms with van der Waals surface area (Å²) in [6, 6.07) is 14.1. The lowest BCUT2D eigenvalue weighted by molar-refractivity contribution is 0.0970. The van der Waals surface area contributed by atoms with E-state index in [1.807, 2.05) is 26.0 Å². The smallest absolute Gasteiger partial charge is 0.258 e. The van der Waals surface area contributed by atoms with Crippen LogP contribution < -0.4 is 15.0 Å². The molecule has 0 bridgehead atoms. The van der Waals surface area contributed by atoms with E-state index in [0.29, 0.717) is 16.7 Å². The number of Topliss-reactive ketones (excluding diaryl/α,β-unsaturated/α-hetero) is 1. The molecule has 0 atom stereocenters. The van der Waals surface area contributed by atoms with Gasteiger partial charge in [0.2, 0.25) is 0 Å². The highest BCUT2D eigenvalue weighted by Gasteiger charge is 2.11. The number of nitrogens with zero attached hydrogens (tertiary/aromatic N) is 1. The fourth-order valence-corrected chi connectivity index (χ4v) is 2.78. The van der Waals surface area contributed by atoms with Gasteiger partial charge >= 0.3 is 0 Å². The van der Waals surface area contributed by atoms with Gasteiger partial charge in [-0.25, -0.2) is 0 Å². The molecule has 3 aromatic rings. The second-order valence-electron chi connectivity index (χ2n) is 6.32. The molecule has 0 saturated carbocycles. The summed E-state index contributed by atoms with van der Waals surface area (Å²) in [5.41, 5.74) is 0.312. The summed E-state index contributed by atoms with van der Waals surface area (Å²) in [6.07, 6.45) is 1.70. The number of aromatic nitrogens is 1. The lowest BCUT2D eigenvalue weighted by Crippen LogP contribution is -2.23. The van der Waals surface area contributed by atoms with Crippen LogP contribution in [-0.4, -0.2) is 23.6 Å². The van der Waals surface area contributed by atoms with Crippen LogP contribution in [-0.2, 0) is 6.54 Å². The van der Waals surface area contributed by atoms with Crippen LogP contribution in [0.3, 0.4) is 0 Å². The van der Waals surface area contributed by atoms with Crippen molar-refractivity contribution in [3.63, 3.8) is 0 Å². The number of hydrogen-bond donors (Lipinski definition) is 0. The maximum atomic E-state index is 12.7. The number of benzene rings is 2. The Morgan fingerprint density at radius 1 is 1.08 bits per heavy atom. The quantitative estimate of drug-likeness (QED) is 0.636. The molecule has 0 unspecified atom stereocenters. The lowest BCUT2D eigenvalue weighted by atomic mass is 10.1. The summed E-state index contributed by atoms with van der Waals surface area (Å²) in [5.74, 6) is 1.18. The van der Waals surface area contributed by atoms with Gasteiger partial charge in [-0.15, -0.1) is 0 Å². The standard InChI is InChI=1S/C21H21NO4/c1-14(2)26-18-7-8-19-15(11-18)9-10-22(21(19)24)13-20(23)16-5-4-6-17(12-16)25-3/h4-12,14H,13H2,1-3H3. The first-order valence-corrected chi connectivity index (χ1v) is 8.45. The minimum Gasteiger partial charge on any atom is -0.497 e. The van der Waals surface area contributed by atoms with Crippen molar-refractivity contribution >= 4 is 16.6 Å². The third-order valence-corrected chi connectivity index (χ3v) is 4.03. The molecule has 1 heterocycles. The molecule has 5 heteroatoms. The molecule has 0 fully saturated rings. The lowest BCUT2D eigenvalue weighted by Gasteiger charge is -2.11. The average molecular weight is 351 g/mol. The fourth-order valence-electron chi connectivity index (χ4n) is 2.78. The van der Waals surface area contributed by atoms with Crippen molar-refractivity contribution in [1.29, 1.82) is 0 Å². The highest BCUT2D eigenvalue weighted by molar-refractivity contribution is 5.96. The summed E-state index contributed by atoms with van der Waals surface area (Å²) in [5, 5.41) is 1.35. The van der Waals surface area contributed by atoms with E-state index >= 15 is 0 Å². The SMILES string of the molecule is COc1cccc(C(=O)Cn2ccc3cc(OC(C)C)ccc3c2=O)c1. The normalized spacial score (nSPS) is 10.9. The first kappa shape index (κ1) is 17.7. The first-order chi connectivity index (χ1) is 12.5. The second kappa shape index (κ2) is 7.44. The molecule has 26 heavy (non-hydrogen) atoms. The van der Waals surface area contributed by atoms with Gasteiger partial charge < -0.3 is 14.0 Å². The van der Waals surface area contributed by atoms with Gasteiger partial charge in [-0.2, -0.15) is 0 Å². The summed E-state index contributed by atoms with van der Waals surface area (Å²) in [4.78, 5) is 25.2. The van der Waals surface area contributed by atoms with Gasteiger partial charge in [-0.1, -0.05) is 12.1 Å². The number of carbonyl (C=O) groups is 1. The predicted octanol–water partition coefficient (Wildman–Crippen LogP) is 3.68. The molecule has 0 spiro atoms. The van der Waals surface area contributed by atoms with Crippen LogP contribution in [0.4, 0.5) is 0 Å². The van der Waals surface area contributed by atoms with E-state index in [1.54, 1.807) is 49.7 Å². The van der Waals surface area contributed by atoms with Crippen LogP contribution in [0, 0.1) is 0 Å². The van der Waals surface area contributed by atoms with E-state index in [9.17, 15) is 9.59 Å². The average Bonchev–Trinajstić information content (AvgIpc) is 2.63. The van der Waals surface area contributed by atoms with E-state index in [0.717, 1.165) is 11.1 Å². The molecule has 134 valence electrons. The van der Waals surface area contributed by atoms with Crippen molar-refractivity contribution in [1.82, 2.24) is 4.57 Å². The van der Waals surface area contributed by atoms with Crippen LogP contribution >= 0.6 is 0 Å². The Kier molecular flexibility index (Phi) is 5.07. The Morgan fingerprint density at radius 2 is 1.88 bits per heavy atom. The number of hydrogen-bond acceptors (Lipinski definition) is 4. The van der Waals surface area contributed by atoms with Crippen LogP contribution in [0.1, 0.15) is 24.2 Å². The molecule has 5 nitrogen and oxygen atoms in total. The zero-order chi connectivity index (χ0) is 18.7. The number of pyridine rings is 1. The van der Waals surface area contributed by atoms with Crippen LogP contribution in [0.15, 0.2) is 59.5 Å². The van der Waals surface area contributed by atoms with Crippen molar-refractivity contribution < 1.29 is 14.3 Å². The van der Waals surface area contributed by atoms with E-state index < -0.39 is 0 Å². The third kappa shape index (κ3) is 3.77. The van der Waals surface area contributed by atoms with E-state index in [1.165, 1.54) is 4.57 Å². The van der Waals surface area contributed by atoms with Crippen molar-refractivity contribution in [2.75, 3.05) is 7.11 Å². The number of rotatable bonds is 6. The molecule has 0 saturated heterocycles. The Morgan fingerprint density at radius 3 is 2.62 bits per heavy atom. The number of methoxy groups -OCH3 is 1. The highest BCUT2D eigenvalue weighted by Crippen LogP contribution is 2.20. The van der Waals surface area contributed by atoms with Gasteiger partial charge in [0.05, 0.1) is 19.8 Å². The number of carbonyl (C=O) groups excluding carboxylic acids is 1. The predicted molar refractivity (Wildman–Crippen MR) is 101 cm³/mol. The second-order valence-corrected chi connectivity index (χ2v) is 6.32. The Bertz CT molecular complexity index is 1000. The molecule has 0 aliphatic rings. The third-order valence-electron chi connectivity index (χ3n) is 4.03. The van der Waals surface area contributed by atoms with Crippen LogP contribution in [0.2, 0.25) is 0 Å². The maximum Gasteiger partial charge on any atom is 0.258 e. The molecule has 0 aliphatic carbocycles. The molecule has 0 aliphatic heterocycles. The van der Waals surface area contributed by atoms with Crippen LogP contribution in [0.25, 0.3) is 10.8 Å². The topological polar surface area (TPSA) is 57.5 Å². The number of ether oxygens (including phenoxy) is 2. The monoisotopic (exact) mass is 351 g/mol. The van der Waals surface area contributed by atoms with Crippen molar-refractivity contribution in [3.8, 4) is 11.5 Å². The van der Waals surface area contributed by atoms with Crippen LogP contribution in [0.5, 0.6) is 11.5 Å². The van der Waals surface area contributed by atoms with Gasteiger partial charge in [-0.3, -0.25) is 9.59 Å². The molecule has 3 rings (SSSR count). The molecule has 0 radical (unpaired) electrons. The molecule has 2 aromatic carbocycles. The largest absolute Gasteiger partial charge is 0.497 e. The summed E-state index contributed by atoms with van der Waals surface area (Å²) >= 11 is 0. The zero-order valence-corrected chi connectivity index (χ0v) is 15.1. The van der Waals surface area contributed by atoms with Gasteiger partial charge in [0.1, 0.15) is 11.5 Å². The van der Waals surface area contributed by atoms with Gasteiger partial charge in [0.25, 0.3) is 5.56 Å². The highest BCUT2D eigenvalue weighted by atomic mass is 16.5. The van der Waals surface area contributed by atoms with Crippen molar-refractivity contribution in [3.05, 3.63) is 70.6 Å². The summed E-state index contributed by atoms with van der Waals surface area (Å²) < 4.78 is 12.2. The maximum absolute atomic E-state index is 12.7. The van der Waals surface area contributed by atoms with E-state index in [4.69, 9.17) is 9.47 Å². The summed E-state index contributed by atoms with van der Waals surface area (Å²) in [6.45, 7) is 3.88. The fraction of sp³-hybridized carbons (Fsp3) is 0.238. The molecular formula is C21H21NO4.